The van der Waals surface area contributed by atoms with E-state index in [1.54, 1.807) is 18.2 Å². The highest BCUT2D eigenvalue weighted by Gasteiger charge is 2.22. The van der Waals surface area contributed by atoms with E-state index >= 15 is 0 Å². The minimum absolute atomic E-state index is 0.0788. The summed E-state index contributed by atoms with van der Waals surface area (Å²) in [6.07, 6.45) is 0.747. The highest BCUT2D eigenvalue weighted by molar-refractivity contribution is 6.32. The monoisotopic (exact) mass is 374 g/mol. The number of aryl methyl sites for hydroxylation is 1. The summed E-state index contributed by atoms with van der Waals surface area (Å²) in [5.41, 5.74) is 2.20. The van der Waals surface area contributed by atoms with E-state index < -0.39 is 0 Å². The largest absolute Gasteiger partial charge is 0.505 e. The first-order valence-corrected chi connectivity index (χ1v) is 8.69. The van der Waals surface area contributed by atoms with Gasteiger partial charge in [0.05, 0.1) is 12.1 Å². The average Bonchev–Trinajstić information content (AvgIpc) is 2.59. The lowest BCUT2D eigenvalue weighted by molar-refractivity contribution is -0.140. The molecule has 0 amide bonds. The Labute approximate surface area is 158 Å². The Hall–Kier alpha value is -2.40. The van der Waals surface area contributed by atoms with Gasteiger partial charge in [0.2, 0.25) is 0 Å². The molecule has 0 fully saturated rings. The average molecular weight is 375 g/mol. The number of carbonyl (C=O) groups excluding carboxylic acids is 1. The van der Waals surface area contributed by atoms with Gasteiger partial charge in [-0.15, -0.1) is 10.2 Å². The number of benzene rings is 2. The summed E-state index contributed by atoms with van der Waals surface area (Å²) in [6, 6.07) is 10.7. The molecule has 0 saturated carbocycles. The molecule has 1 N–H and O–H groups in total. The van der Waals surface area contributed by atoms with Gasteiger partial charge in [-0.05, 0) is 35.6 Å². The van der Waals surface area contributed by atoms with Crippen molar-refractivity contribution in [1.82, 2.24) is 0 Å². The summed E-state index contributed by atoms with van der Waals surface area (Å²) < 4.78 is 4.70. The van der Waals surface area contributed by atoms with Crippen molar-refractivity contribution in [1.29, 1.82) is 0 Å². The van der Waals surface area contributed by atoms with Crippen LogP contribution in [0.4, 0.5) is 11.4 Å². The van der Waals surface area contributed by atoms with Gasteiger partial charge in [-0.2, -0.15) is 0 Å². The third-order valence-corrected chi connectivity index (χ3v) is 4.24. The van der Waals surface area contributed by atoms with Crippen molar-refractivity contribution >= 4 is 28.9 Å². The van der Waals surface area contributed by atoms with E-state index in [1.165, 1.54) is 7.11 Å². The molecule has 0 spiro atoms. The van der Waals surface area contributed by atoms with E-state index in [0.717, 1.165) is 11.1 Å². The van der Waals surface area contributed by atoms with Crippen molar-refractivity contribution < 1.29 is 14.6 Å². The van der Waals surface area contributed by atoms with E-state index in [1.807, 2.05) is 39.0 Å². The molecule has 6 heteroatoms. The van der Waals surface area contributed by atoms with Gasteiger partial charge in [0.1, 0.15) is 17.1 Å². The third kappa shape index (κ3) is 5.05. The first-order valence-electron chi connectivity index (χ1n) is 8.32. The number of phenolic OH excluding ortho intramolecular Hbond substituents is 1. The van der Waals surface area contributed by atoms with Crippen LogP contribution in [0.5, 0.6) is 5.75 Å². The predicted octanol–water partition coefficient (Wildman–Crippen LogP) is 5.86. The van der Waals surface area contributed by atoms with Crippen molar-refractivity contribution in [3.05, 3.63) is 52.5 Å². The van der Waals surface area contributed by atoms with Gasteiger partial charge in [-0.25, -0.2) is 0 Å². The lowest BCUT2D eigenvalue weighted by Crippen LogP contribution is -2.12. The Morgan fingerprint density at radius 2 is 1.81 bits per heavy atom. The van der Waals surface area contributed by atoms with Gasteiger partial charge in [0, 0.05) is 12.0 Å². The van der Waals surface area contributed by atoms with Crippen LogP contribution in [0.3, 0.4) is 0 Å². The second kappa shape index (κ2) is 8.32. The van der Waals surface area contributed by atoms with Crippen LogP contribution >= 0.6 is 11.6 Å². The van der Waals surface area contributed by atoms with Crippen LogP contribution in [0.15, 0.2) is 46.6 Å². The maximum Gasteiger partial charge on any atom is 0.305 e. The smallest absolute Gasteiger partial charge is 0.305 e. The molecule has 2 rings (SSSR count). The molecule has 0 saturated heterocycles. The lowest BCUT2D eigenvalue weighted by Gasteiger charge is -2.22. The molecular formula is C20H23ClN2O3. The Morgan fingerprint density at radius 3 is 2.42 bits per heavy atom. The van der Waals surface area contributed by atoms with Crippen molar-refractivity contribution in [3.8, 4) is 5.75 Å². The van der Waals surface area contributed by atoms with Gasteiger partial charge in [0.15, 0.2) is 0 Å². The number of azo groups is 1. The van der Waals surface area contributed by atoms with Gasteiger partial charge < -0.3 is 9.84 Å². The topological polar surface area (TPSA) is 71.2 Å². The van der Waals surface area contributed by atoms with E-state index in [2.05, 4.69) is 10.2 Å². The molecule has 2 aromatic rings. The summed E-state index contributed by atoms with van der Waals surface area (Å²) in [7, 11) is 1.36. The number of aromatic hydroxyl groups is 1. The third-order valence-electron chi connectivity index (χ3n) is 3.92. The van der Waals surface area contributed by atoms with Crippen molar-refractivity contribution in [3.63, 3.8) is 0 Å². The van der Waals surface area contributed by atoms with Gasteiger partial charge >= 0.3 is 5.97 Å². The maximum atomic E-state index is 11.4. The fraction of sp³-hybridized carbons (Fsp3) is 0.350. The fourth-order valence-electron chi connectivity index (χ4n) is 2.46. The number of halogens is 1. The highest BCUT2D eigenvalue weighted by Crippen LogP contribution is 2.40. The van der Waals surface area contributed by atoms with E-state index in [-0.39, 0.29) is 23.6 Å². The van der Waals surface area contributed by atoms with E-state index in [9.17, 15) is 9.90 Å². The second-order valence-corrected chi connectivity index (χ2v) is 7.40. The minimum atomic E-state index is -0.292. The van der Waals surface area contributed by atoms with Crippen LogP contribution in [0.2, 0.25) is 5.02 Å². The van der Waals surface area contributed by atoms with Crippen LogP contribution < -0.4 is 0 Å². The summed E-state index contributed by atoms with van der Waals surface area (Å²) >= 11 is 6.10. The predicted molar refractivity (Wildman–Crippen MR) is 103 cm³/mol. The molecule has 2 aromatic carbocycles. The van der Waals surface area contributed by atoms with Gasteiger partial charge in [-0.1, -0.05) is 50.6 Å². The minimum Gasteiger partial charge on any atom is -0.505 e. The summed E-state index contributed by atoms with van der Waals surface area (Å²) in [6.45, 7) is 6.00. The molecule has 0 aliphatic rings. The number of methoxy groups -OCH3 is 1. The Bertz CT molecular complexity index is 826. The molecular weight excluding hydrogens is 352 g/mol. The molecule has 0 bridgehead atoms. The highest BCUT2D eigenvalue weighted by atomic mass is 35.5. The number of esters is 1. The maximum absolute atomic E-state index is 11.4. The lowest BCUT2D eigenvalue weighted by atomic mass is 9.84. The normalized spacial score (nSPS) is 11.7. The zero-order valence-electron chi connectivity index (χ0n) is 15.4. The summed E-state index contributed by atoms with van der Waals surface area (Å²) in [4.78, 5) is 11.4. The van der Waals surface area contributed by atoms with Crippen LogP contribution in [0.1, 0.15) is 38.3 Å². The number of hydrogen-bond donors (Lipinski definition) is 1. The molecule has 0 radical (unpaired) electrons. The number of hydrogen-bond acceptors (Lipinski definition) is 5. The first-order chi connectivity index (χ1) is 12.2. The van der Waals surface area contributed by atoms with E-state index in [0.29, 0.717) is 22.8 Å². The van der Waals surface area contributed by atoms with Gasteiger partial charge in [0.25, 0.3) is 0 Å². The molecule has 0 atom stereocenters. The molecule has 0 aromatic heterocycles. The van der Waals surface area contributed by atoms with Crippen molar-refractivity contribution in [2.24, 2.45) is 10.2 Å². The Kier molecular flexibility index (Phi) is 6.37. The van der Waals surface area contributed by atoms with Crippen molar-refractivity contribution in [2.45, 2.75) is 39.0 Å². The standard InChI is InChI=1S/C20H23ClN2O3/c1-20(2,3)14-11-13(9-10-18(24)26-4)12-17(19(14)25)23-22-16-8-6-5-7-15(16)21/h5-8,11-12,25H,9-10H2,1-4H3/b23-22+. The van der Waals surface area contributed by atoms with Gasteiger partial charge in [-0.3, -0.25) is 4.79 Å². The van der Waals surface area contributed by atoms with Crippen LogP contribution in [-0.2, 0) is 21.4 Å². The number of phenols is 1. The zero-order valence-corrected chi connectivity index (χ0v) is 16.2. The number of carbonyl (C=O) groups is 1. The SMILES string of the molecule is COC(=O)CCc1cc(/N=N/c2ccccc2Cl)c(O)c(C(C)(C)C)c1. The molecule has 26 heavy (non-hydrogen) atoms. The van der Waals surface area contributed by atoms with Crippen LogP contribution in [0.25, 0.3) is 0 Å². The molecule has 0 aliphatic carbocycles. The number of rotatable bonds is 5. The summed E-state index contributed by atoms with van der Waals surface area (Å²) in [5.74, 6) is -0.204. The molecule has 5 nitrogen and oxygen atoms in total. The van der Waals surface area contributed by atoms with E-state index in [4.69, 9.17) is 16.3 Å². The quantitative estimate of drug-likeness (QED) is 0.526. The summed E-state index contributed by atoms with van der Waals surface area (Å²) in [5, 5.41) is 19.5. The zero-order chi connectivity index (χ0) is 19.3. The van der Waals surface area contributed by atoms with Crippen molar-refractivity contribution in [2.75, 3.05) is 7.11 Å². The molecule has 138 valence electrons. The Morgan fingerprint density at radius 1 is 1.15 bits per heavy atom. The van der Waals surface area contributed by atoms with Crippen LogP contribution in [-0.4, -0.2) is 18.2 Å². The first kappa shape index (κ1) is 19.9. The van der Waals surface area contributed by atoms with Crippen LogP contribution in [0, 0.1) is 0 Å². The fourth-order valence-corrected chi connectivity index (χ4v) is 2.63. The second-order valence-electron chi connectivity index (χ2n) is 6.99. The molecule has 0 heterocycles. The molecule has 0 unspecified atom stereocenters. The number of nitrogens with zero attached hydrogens (tertiary/aromatic N) is 2. The Balaban J connectivity index is 2.43. The number of ether oxygens (including phenoxy) is 1. The molecule has 0 aliphatic heterocycles.